The quantitative estimate of drug-likeness (QED) is 0.235. The van der Waals surface area contributed by atoms with Gasteiger partial charge >= 0.3 is 5.97 Å². The van der Waals surface area contributed by atoms with Gasteiger partial charge in [0.2, 0.25) is 6.41 Å². The third-order valence-electron chi connectivity index (χ3n) is 6.76. The van der Waals surface area contributed by atoms with Crippen LogP contribution in [0, 0.1) is 24.5 Å². The zero-order valence-corrected chi connectivity index (χ0v) is 24.6. The Morgan fingerprint density at radius 1 is 1.14 bits per heavy atom. The van der Waals surface area contributed by atoms with Crippen LogP contribution in [-0.2, 0) is 23.7 Å². The van der Waals surface area contributed by atoms with Crippen LogP contribution in [0.25, 0.3) is 22.0 Å². The van der Waals surface area contributed by atoms with E-state index in [1.807, 2.05) is 19.1 Å². The van der Waals surface area contributed by atoms with E-state index in [4.69, 9.17) is 5.11 Å². The number of fused-ring (bicyclic) bond motifs is 1. The summed E-state index contributed by atoms with van der Waals surface area (Å²) in [6.45, 7) is 6.62. The number of nitrogens with one attached hydrogen (secondary N) is 2. The van der Waals surface area contributed by atoms with Gasteiger partial charge < -0.3 is 20.3 Å². The molecular weight excluding hydrogens is 560 g/mol. The summed E-state index contributed by atoms with van der Waals surface area (Å²) < 4.78 is 31.8. The average Bonchev–Trinajstić information content (AvgIpc) is 3.31. The monoisotopic (exact) mass is 595 g/mol. The van der Waals surface area contributed by atoms with Gasteiger partial charge in [-0.05, 0) is 66.3 Å². The molecule has 0 unspecified atom stereocenters. The van der Waals surface area contributed by atoms with Crippen molar-refractivity contribution in [3.05, 3.63) is 87.5 Å². The standard InChI is InChI=1S/C19H17F2N3O3.C12H18N2O2/c1-10-3-4-15-13(8-24(2)23-15)18(10)11-5-12(19(21)14(20)6-11)16(22-9-25)7-17(26)27;1-9(2)6-7-13-11(15)10-5-4-8-14(3)12(10)16/h3-6,8-9,16H,7H2,1-2H3,(H,22,25)(H,26,27);4-5,8-9H,6-7H2,1-3H3,(H,13,15)/t16-;/m0./s1. The number of nitrogens with zero attached hydrogens (tertiary/aromatic N) is 3. The second-order valence-corrected chi connectivity index (χ2v) is 10.6. The number of benzene rings is 2. The first-order valence-corrected chi connectivity index (χ1v) is 13.6. The molecule has 12 heteroatoms. The molecule has 228 valence electrons. The Hall–Kier alpha value is -4.87. The lowest BCUT2D eigenvalue weighted by Crippen LogP contribution is -2.32. The van der Waals surface area contributed by atoms with Crippen molar-refractivity contribution in [2.24, 2.45) is 20.0 Å². The minimum Gasteiger partial charge on any atom is -0.481 e. The van der Waals surface area contributed by atoms with E-state index < -0.39 is 30.1 Å². The molecule has 0 fully saturated rings. The van der Waals surface area contributed by atoms with Gasteiger partial charge in [-0.3, -0.25) is 23.9 Å². The number of carboxylic acids is 1. The highest BCUT2D eigenvalue weighted by atomic mass is 19.2. The minimum atomic E-state index is -1.25. The number of aromatic nitrogens is 3. The molecule has 0 saturated heterocycles. The third-order valence-corrected chi connectivity index (χ3v) is 6.76. The average molecular weight is 596 g/mol. The number of rotatable bonds is 10. The third kappa shape index (κ3) is 8.12. The Morgan fingerprint density at radius 3 is 2.51 bits per heavy atom. The van der Waals surface area contributed by atoms with Crippen LogP contribution < -0.4 is 16.2 Å². The van der Waals surface area contributed by atoms with Crippen LogP contribution in [-0.4, -0.2) is 44.3 Å². The van der Waals surface area contributed by atoms with Crippen LogP contribution in [0.3, 0.4) is 0 Å². The van der Waals surface area contributed by atoms with E-state index >= 15 is 0 Å². The summed E-state index contributed by atoms with van der Waals surface area (Å²) >= 11 is 0. The Balaban J connectivity index is 0.000000271. The van der Waals surface area contributed by atoms with Gasteiger partial charge in [-0.15, -0.1) is 0 Å². The minimum absolute atomic E-state index is 0.203. The molecule has 0 spiro atoms. The van der Waals surface area contributed by atoms with Crippen LogP contribution in [0.5, 0.6) is 0 Å². The molecule has 0 aliphatic carbocycles. The number of carbonyl (C=O) groups excluding carboxylic acids is 2. The van der Waals surface area contributed by atoms with Gasteiger partial charge in [0.05, 0.1) is 18.0 Å². The molecule has 2 amide bonds. The number of carbonyl (C=O) groups is 3. The first-order chi connectivity index (χ1) is 20.3. The van der Waals surface area contributed by atoms with Crippen molar-refractivity contribution in [1.82, 2.24) is 25.0 Å². The van der Waals surface area contributed by atoms with Gasteiger partial charge in [0.25, 0.3) is 11.5 Å². The van der Waals surface area contributed by atoms with Crippen molar-refractivity contribution in [3.8, 4) is 11.1 Å². The van der Waals surface area contributed by atoms with E-state index in [-0.39, 0.29) is 29.0 Å². The van der Waals surface area contributed by atoms with Gasteiger partial charge in [0, 0.05) is 44.0 Å². The van der Waals surface area contributed by atoms with E-state index in [1.54, 1.807) is 43.3 Å². The molecule has 2 aromatic heterocycles. The predicted molar refractivity (Wildman–Crippen MR) is 158 cm³/mol. The molecule has 0 bridgehead atoms. The molecular formula is C31H35F2N5O5. The van der Waals surface area contributed by atoms with Crippen molar-refractivity contribution < 1.29 is 28.3 Å². The molecule has 2 aromatic carbocycles. The molecule has 0 saturated carbocycles. The molecule has 0 aliphatic rings. The fraction of sp³-hybridized carbons (Fsp3) is 0.323. The van der Waals surface area contributed by atoms with Crippen molar-refractivity contribution in [3.63, 3.8) is 0 Å². The van der Waals surface area contributed by atoms with Gasteiger partial charge in [-0.2, -0.15) is 5.10 Å². The maximum absolute atomic E-state index is 14.4. The highest BCUT2D eigenvalue weighted by Crippen LogP contribution is 2.35. The molecule has 43 heavy (non-hydrogen) atoms. The normalized spacial score (nSPS) is 11.5. The van der Waals surface area contributed by atoms with Gasteiger partial charge in [0.15, 0.2) is 11.6 Å². The summed E-state index contributed by atoms with van der Waals surface area (Å²) in [5, 5.41) is 19.1. The number of aliphatic carboxylic acids is 1. The summed E-state index contributed by atoms with van der Waals surface area (Å²) in [5.41, 5.74) is 2.28. The van der Waals surface area contributed by atoms with E-state index in [1.165, 1.54) is 10.6 Å². The lowest BCUT2D eigenvalue weighted by Gasteiger charge is -2.18. The number of halogens is 2. The molecule has 10 nitrogen and oxygen atoms in total. The first-order valence-electron chi connectivity index (χ1n) is 13.6. The zero-order chi connectivity index (χ0) is 31.8. The highest BCUT2D eigenvalue weighted by molar-refractivity contribution is 5.96. The number of carboxylic acid groups (broad SMARTS) is 1. The molecule has 1 atom stereocenters. The van der Waals surface area contributed by atoms with Gasteiger partial charge in [-0.25, -0.2) is 8.78 Å². The van der Waals surface area contributed by atoms with Gasteiger partial charge in [-0.1, -0.05) is 19.9 Å². The lowest BCUT2D eigenvalue weighted by molar-refractivity contribution is -0.137. The zero-order valence-electron chi connectivity index (χ0n) is 24.6. The lowest BCUT2D eigenvalue weighted by atomic mass is 9.93. The Morgan fingerprint density at radius 2 is 1.86 bits per heavy atom. The van der Waals surface area contributed by atoms with Crippen LogP contribution in [0.15, 0.2) is 53.6 Å². The smallest absolute Gasteiger partial charge is 0.305 e. The van der Waals surface area contributed by atoms with Gasteiger partial charge in [0.1, 0.15) is 5.56 Å². The topological polar surface area (TPSA) is 135 Å². The predicted octanol–water partition coefficient (Wildman–Crippen LogP) is 4.25. The second-order valence-electron chi connectivity index (χ2n) is 10.6. The fourth-order valence-electron chi connectivity index (χ4n) is 4.57. The molecule has 4 aromatic rings. The largest absolute Gasteiger partial charge is 0.481 e. The summed E-state index contributed by atoms with van der Waals surface area (Å²) in [6.07, 6.45) is 4.02. The van der Waals surface area contributed by atoms with Crippen LogP contribution in [0.4, 0.5) is 8.78 Å². The van der Waals surface area contributed by atoms with Crippen molar-refractivity contribution >= 4 is 29.2 Å². The number of hydrogen-bond acceptors (Lipinski definition) is 5. The maximum Gasteiger partial charge on any atom is 0.305 e. The Labute approximate surface area is 247 Å². The molecule has 2 heterocycles. The first kappa shape index (κ1) is 32.6. The molecule has 0 radical (unpaired) electrons. The molecule has 3 N–H and O–H groups in total. The number of amides is 2. The Bertz CT molecular complexity index is 1700. The van der Waals surface area contributed by atoms with Crippen molar-refractivity contribution in [2.45, 2.75) is 39.7 Å². The summed E-state index contributed by atoms with van der Waals surface area (Å²) in [6, 6.07) is 8.14. The summed E-state index contributed by atoms with van der Waals surface area (Å²) in [5.74, 6) is -3.30. The second kappa shape index (κ2) is 14.3. The van der Waals surface area contributed by atoms with E-state index in [2.05, 4.69) is 29.6 Å². The van der Waals surface area contributed by atoms with Crippen molar-refractivity contribution in [2.75, 3.05) is 6.54 Å². The SMILES string of the molecule is CC(C)CCNC(=O)c1cccn(C)c1=O.Cc1ccc2nn(C)cc2c1-c1cc(F)c(F)c([C@H](CC(=O)O)NC=O)c1. The number of hydrogen-bond donors (Lipinski definition) is 3. The van der Waals surface area contributed by atoms with E-state index in [0.717, 1.165) is 23.4 Å². The van der Waals surface area contributed by atoms with E-state index in [0.29, 0.717) is 29.1 Å². The number of aryl methyl sites for hydroxylation is 3. The van der Waals surface area contributed by atoms with Crippen LogP contribution in [0.1, 0.15) is 54.2 Å². The van der Waals surface area contributed by atoms with E-state index in [9.17, 15) is 28.0 Å². The molecule has 4 rings (SSSR count). The van der Waals surface area contributed by atoms with Crippen molar-refractivity contribution in [1.29, 1.82) is 0 Å². The van der Waals surface area contributed by atoms with Crippen LogP contribution in [0.2, 0.25) is 0 Å². The maximum atomic E-state index is 14.4. The Kier molecular flexibility index (Phi) is 10.9. The number of pyridine rings is 1. The summed E-state index contributed by atoms with van der Waals surface area (Å²) in [7, 11) is 3.39. The molecule has 0 aliphatic heterocycles. The summed E-state index contributed by atoms with van der Waals surface area (Å²) in [4.78, 5) is 45.2. The van der Waals surface area contributed by atoms with Crippen LogP contribution >= 0.6 is 0 Å². The fourth-order valence-corrected chi connectivity index (χ4v) is 4.57. The highest BCUT2D eigenvalue weighted by Gasteiger charge is 2.23.